The molecule has 0 atom stereocenters. The van der Waals surface area contributed by atoms with Crippen LogP contribution in [0.5, 0.6) is 0 Å². The third-order valence-corrected chi connectivity index (χ3v) is 4.62. The third-order valence-electron chi connectivity index (χ3n) is 2.63. The Balaban J connectivity index is 2.28. The summed E-state index contributed by atoms with van der Waals surface area (Å²) in [7, 11) is -3.58. The first-order valence-corrected chi connectivity index (χ1v) is 7.25. The molecule has 0 radical (unpaired) electrons. The lowest BCUT2D eigenvalue weighted by Gasteiger charge is -2.37. The maximum Gasteiger partial charge on any atom is 0.246 e. The van der Waals surface area contributed by atoms with Crippen molar-refractivity contribution in [1.29, 1.82) is 0 Å². The summed E-state index contributed by atoms with van der Waals surface area (Å²) in [5.41, 5.74) is -0.487. The van der Waals surface area contributed by atoms with Gasteiger partial charge in [0.15, 0.2) is 0 Å². The van der Waals surface area contributed by atoms with Gasteiger partial charge >= 0.3 is 0 Å². The molecule has 0 amide bonds. The van der Waals surface area contributed by atoms with E-state index in [1.54, 1.807) is 0 Å². The van der Waals surface area contributed by atoms with Crippen molar-refractivity contribution >= 4 is 21.6 Å². The van der Waals surface area contributed by atoms with E-state index in [4.69, 9.17) is 16.3 Å². The summed E-state index contributed by atoms with van der Waals surface area (Å²) < 4.78 is 31.5. The van der Waals surface area contributed by atoms with Crippen LogP contribution in [0.25, 0.3) is 0 Å². The molecule has 1 fully saturated rings. The first-order chi connectivity index (χ1) is 8.31. The molecule has 0 bridgehead atoms. The van der Waals surface area contributed by atoms with Crippen LogP contribution in [0.3, 0.4) is 0 Å². The molecule has 8 heteroatoms. The van der Waals surface area contributed by atoms with Gasteiger partial charge in [-0.15, -0.1) is 0 Å². The molecule has 0 N–H and O–H groups in total. The van der Waals surface area contributed by atoms with Gasteiger partial charge in [0, 0.05) is 13.1 Å². The van der Waals surface area contributed by atoms with Gasteiger partial charge in [-0.1, -0.05) is 0 Å². The van der Waals surface area contributed by atoms with Gasteiger partial charge in [0.05, 0.1) is 24.6 Å². The molecule has 2 rings (SSSR count). The van der Waals surface area contributed by atoms with Crippen molar-refractivity contribution in [2.45, 2.75) is 24.3 Å². The predicted octanol–water partition coefficient (Wildman–Crippen LogP) is 0.930. The average Bonchev–Trinajstić information content (AvgIpc) is 2.28. The standard InChI is InChI=1S/C10H14ClN3O3S/c1-10(2)7-14(3-4-17-10)18(15,16)8-5-12-9(11)13-6-8/h5-6H,3-4,7H2,1-2H3. The number of hydrogen-bond donors (Lipinski definition) is 0. The van der Waals surface area contributed by atoms with E-state index in [0.29, 0.717) is 19.7 Å². The summed E-state index contributed by atoms with van der Waals surface area (Å²) in [6.45, 7) is 4.72. The summed E-state index contributed by atoms with van der Waals surface area (Å²) in [6.07, 6.45) is 2.43. The van der Waals surface area contributed by atoms with Crippen LogP contribution < -0.4 is 0 Å². The minimum absolute atomic E-state index is 0.0243. The molecule has 2 heterocycles. The Morgan fingerprint density at radius 1 is 1.39 bits per heavy atom. The molecule has 0 saturated carbocycles. The van der Waals surface area contributed by atoms with Gasteiger partial charge in [-0.3, -0.25) is 0 Å². The number of ether oxygens (including phenoxy) is 1. The molecule has 1 aliphatic rings. The second kappa shape index (κ2) is 4.73. The molecular formula is C10H14ClN3O3S. The minimum atomic E-state index is -3.58. The van der Waals surface area contributed by atoms with E-state index in [0.717, 1.165) is 0 Å². The van der Waals surface area contributed by atoms with Gasteiger partial charge in [0.1, 0.15) is 4.90 Å². The molecule has 0 aromatic carbocycles. The lowest BCUT2D eigenvalue weighted by atomic mass is 10.1. The van der Waals surface area contributed by atoms with Crippen LogP contribution in [0.2, 0.25) is 5.28 Å². The normalized spacial score (nSPS) is 20.8. The maximum absolute atomic E-state index is 12.3. The van der Waals surface area contributed by atoms with Crippen LogP contribution in [0.1, 0.15) is 13.8 Å². The second-order valence-electron chi connectivity index (χ2n) is 4.63. The Labute approximate surface area is 111 Å². The molecule has 6 nitrogen and oxygen atoms in total. The lowest BCUT2D eigenvalue weighted by molar-refractivity contribution is -0.0640. The van der Waals surface area contributed by atoms with Crippen molar-refractivity contribution in [2.75, 3.05) is 19.7 Å². The van der Waals surface area contributed by atoms with Crippen LogP contribution in [-0.2, 0) is 14.8 Å². The molecular weight excluding hydrogens is 278 g/mol. The summed E-state index contributed by atoms with van der Waals surface area (Å²) in [5.74, 6) is 0. The molecule has 0 aliphatic carbocycles. The van der Waals surface area contributed by atoms with Gasteiger partial charge < -0.3 is 4.74 Å². The fourth-order valence-electron chi connectivity index (χ4n) is 1.76. The highest BCUT2D eigenvalue weighted by Gasteiger charge is 2.35. The SMILES string of the molecule is CC1(C)CN(S(=O)(=O)c2cnc(Cl)nc2)CCO1. The number of halogens is 1. The molecule has 1 aromatic heterocycles. The number of rotatable bonds is 2. The Hall–Kier alpha value is -0.760. The van der Waals surface area contributed by atoms with Crippen molar-refractivity contribution in [3.63, 3.8) is 0 Å². The molecule has 1 aliphatic heterocycles. The summed E-state index contributed by atoms with van der Waals surface area (Å²) in [4.78, 5) is 7.43. The highest BCUT2D eigenvalue weighted by molar-refractivity contribution is 7.89. The van der Waals surface area contributed by atoms with Crippen molar-refractivity contribution in [1.82, 2.24) is 14.3 Å². The zero-order valence-electron chi connectivity index (χ0n) is 10.1. The Kier molecular flexibility index (Phi) is 3.59. The molecule has 100 valence electrons. The van der Waals surface area contributed by atoms with Crippen molar-refractivity contribution in [2.24, 2.45) is 0 Å². The van der Waals surface area contributed by atoms with Gasteiger partial charge in [-0.05, 0) is 25.4 Å². The van der Waals surface area contributed by atoms with E-state index in [-0.39, 0.29) is 10.2 Å². The van der Waals surface area contributed by atoms with Gasteiger partial charge in [0.25, 0.3) is 0 Å². The second-order valence-corrected chi connectivity index (χ2v) is 6.91. The number of morpholine rings is 1. The zero-order chi connectivity index (χ0) is 13.4. The van der Waals surface area contributed by atoms with Crippen LogP contribution >= 0.6 is 11.6 Å². The van der Waals surface area contributed by atoms with Crippen LogP contribution in [0.15, 0.2) is 17.3 Å². The highest BCUT2D eigenvalue weighted by atomic mass is 35.5. The van der Waals surface area contributed by atoms with Gasteiger partial charge in [-0.25, -0.2) is 18.4 Å². The third kappa shape index (κ3) is 2.80. The van der Waals surface area contributed by atoms with E-state index in [1.807, 2.05) is 13.8 Å². The van der Waals surface area contributed by atoms with Crippen molar-refractivity contribution in [3.8, 4) is 0 Å². The Morgan fingerprint density at radius 3 is 2.56 bits per heavy atom. The number of hydrogen-bond acceptors (Lipinski definition) is 5. The number of aromatic nitrogens is 2. The smallest absolute Gasteiger partial charge is 0.246 e. The summed E-state index contributed by atoms with van der Waals surface area (Å²) >= 11 is 5.54. The highest BCUT2D eigenvalue weighted by Crippen LogP contribution is 2.22. The fourth-order valence-corrected chi connectivity index (χ4v) is 3.32. The van der Waals surface area contributed by atoms with E-state index in [9.17, 15) is 8.42 Å². The van der Waals surface area contributed by atoms with Crippen LogP contribution in [-0.4, -0.2) is 48.0 Å². The van der Waals surface area contributed by atoms with E-state index < -0.39 is 15.6 Å². The van der Waals surface area contributed by atoms with Crippen molar-refractivity contribution < 1.29 is 13.2 Å². The first kappa shape index (κ1) is 13.7. The summed E-state index contributed by atoms with van der Waals surface area (Å²) in [5, 5.41) is 0.0243. The molecule has 18 heavy (non-hydrogen) atoms. The summed E-state index contributed by atoms with van der Waals surface area (Å²) in [6, 6.07) is 0. The largest absolute Gasteiger partial charge is 0.373 e. The lowest BCUT2D eigenvalue weighted by Crippen LogP contribution is -2.50. The average molecular weight is 292 g/mol. The van der Waals surface area contributed by atoms with Crippen LogP contribution in [0, 0.1) is 0 Å². The Morgan fingerprint density at radius 2 is 2.00 bits per heavy atom. The van der Waals surface area contributed by atoms with E-state index in [1.165, 1.54) is 16.7 Å². The number of sulfonamides is 1. The molecule has 1 aromatic rings. The van der Waals surface area contributed by atoms with Gasteiger partial charge in [0.2, 0.25) is 15.3 Å². The predicted molar refractivity (Wildman–Crippen MR) is 65.8 cm³/mol. The number of nitrogens with zero attached hydrogens (tertiary/aromatic N) is 3. The quantitative estimate of drug-likeness (QED) is 0.758. The maximum atomic E-state index is 12.3. The van der Waals surface area contributed by atoms with E-state index in [2.05, 4.69) is 9.97 Å². The van der Waals surface area contributed by atoms with Crippen molar-refractivity contribution in [3.05, 3.63) is 17.7 Å². The van der Waals surface area contributed by atoms with Crippen LogP contribution in [0.4, 0.5) is 0 Å². The Bertz CT molecular complexity index is 530. The van der Waals surface area contributed by atoms with E-state index >= 15 is 0 Å². The molecule has 0 unspecified atom stereocenters. The monoisotopic (exact) mass is 291 g/mol. The topological polar surface area (TPSA) is 72.4 Å². The fraction of sp³-hybridized carbons (Fsp3) is 0.600. The first-order valence-electron chi connectivity index (χ1n) is 5.43. The van der Waals surface area contributed by atoms with Gasteiger partial charge in [-0.2, -0.15) is 4.31 Å². The molecule has 0 spiro atoms. The minimum Gasteiger partial charge on any atom is -0.373 e. The molecule has 1 saturated heterocycles. The zero-order valence-corrected chi connectivity index (χ0v) is 11.7.